The van der Waals surface area contributed by atoms with E-state index in [1.165, 1.54) is 11.3 Å². The van der Waals surface area contributed by atoms with Crippen LogP contribution in [-0.4, -0.2) is 35.9 Å². The van der Waals surface area contributed by atoms with E-state index in [2.05, 4.69) is 15.5 Å². The first-order chi connectivity index (χ1) is 13.3. The molecular weight excluding hydrogens is 366 g/mol. The van der Waals surface area contributed by atoms with Gasteiger partial charge in [0.15, 0.2) is 11.5 Å². The zero-order chi connectivity index (χ0) is 18.9. The van der Waals surface area contributed by atoms with Crippen LogP contribution >= 0.6 is 11.3 Å². The topological polar surface area (TPSA) is 82.6 Å². The second-order valence-corrected chi connectivity index (χ2v) is 6.14. The van der Waals surface area contributed by atoms with Crippen LogP contribution in [0.3, 0.4) is 0 Å². The van der Waals surface area contributed by atoms with Crippen molar-refractivity contribution in [2.45, 2.75) is 6.92 Å². The summed E-state index contributed by atoms with van der Waals surface area (Å²) in [4.78, 5) is 12.3. The first-order valence-corrected chi connectivity index (χ1v) is 9.29. The summed E-state index contributed by atoms with van der Waals surface area (Å²) in [5, 5.41) is 10.6. The minimum Gasteiger partial charge on any atom is -0.490 e. The van der Waals surface area contributed by atoms with E-state index in [1.807, 2.05) is 37.3 Å². The van der Waals surface area contributed by atoms with Crippen molar-refractivity contribution in [2.24, 2.45) is 0 Å². The summed E-state index contributed by atoms with van der Waals surface area (Å²) in [6, 6.07) is 14.6. The monoisotopic (exact) mass is 385 g/mol. The van der Waals surface area contributed by atoms with Crippen LogP contribution in [0.4, 0.5) is 5.13 Å². The van der Waals surface area contributed by atoms with Crippen molar-refractivity contribution in [3.05, 3.63) is 59.6 Å². The minimum atomic E-state index is -0.285. The van der Waals surface area contributed by atoms with Crippen molar-refractivity contribution in [1.82, 2.24) is 10.2 Å². The Morgan fingerprint density at radius 3 is 2.59 bits per heavy atom. The molecule has 0 radical (unpaired) electrons. The van der Waals surface area contributed by atoms with E-state index in [0.717, 1.165) is 5.75 Å². The molecule has 140 valence electrons. The van der Waals surface area contributed by atoms with Crippen LogP contribution in [0.5, 0.6) is 17.2 Å². The van der Waals surface area contributed by atoms with Gasteiger partial charge in [-0.1, -0.05) is 29.5 Å². The van der Waals surface area contributed by atoms with Crippen molar-refractivity contribution in [2.75, 3.05) is 25.1 Å². The standard InChI is InChI=1S/C19H19N3O4S/c1-2-24-17-12-14(18(23)21-19-22-20-13-27-19)8-9-16(17)26-11-10-25-15-6-4-3-5-7-15/h3-9,12-13H,2,10-11H2,1H3,(H,21,22,23). The van der Waals surface area contributed by atoms with Gasteiger partial charge in [0.25, 0.3) is 5.91 Å². The molecule has 1 heterocycles. The summed E-state index contributed by atoms with van der Waals surface area (Å²) in [5.41, 5.74) is 2.00. The van der Waals surface area contributed by atoms with Crippen LogP contribution in [0.1, 0.15) is 17.3 Å². The molecule has 0 bridgehead atoms. The molecule has 2 aromatic carbocycles. The Labute approximate surface area is 160 Å². The van der Waals surface area contributed by atoms with Gasteiger partial charge in [0.2, 0.25) is 5.13 Å². The lowest BCUT2D eigenvalue weighted by molar-refractivity contribution is 0.102. The van der Waals surface area contributed by atoms with Gasteiger partial charge in [-0.15, -0.1) is 10.2 Å². The number of carbonyl (C=O) groups is 1. The van der Waals surface area contributed by atoms with E-state index in [1.54, 1.807) is 23.7 Å². The Morgan fingerprint density at radius 2 is 1.85 bits per heavy atom. The summed E-state index contributed by atoms with van der Waals surface area (Å²) in [6.07, 6.45) is 0. The predicted molar refractivity (Wildman–Crippen MR) is 103 cm³/mol. The van der Waals surface area contributed by atoms with Crippen LogP contribution < -0.4 is 19.5 Å². The molecule has 0 atom stereocenters. The number of benzene rings is 2. The maximum atomic E-state index is 12.3. The molecule has 0 unspecified atom stereocenters. The molecule has 8 heteroatoms. The average molecular weight is 385 g/mol. The fourth-order valence-electron chi connectivity index (χ4n) is 2.26. The highest BCUT2D eigenvalue weighted by Crippen LogP contribution is 2.29. The summed E-state index contributed by atoms with van der Waals surface area (Å²) >= 11 is 1.25. The van der Waals surface area contributed by atoms with Crippen molar-refractivity contribution < 1.29 is 19.0 Å². The fourth-order valence-corrected chi connectivity index (χ4v) is 2.70. The second kappa shape index (κ2) is 9.54. The van der Waals surface area contributed by atoms with Gasteiger partial charge in [-0.05, 0) is 37.3 Å². The minimum absolute atomic E-state index is 0.285. The molecule has 0 fully saturated rings. The number of para-hydroxylation sites is 1. The number of hydrogen-bond acceptors (Lipinski definition) is 7. The van der Waals surface area contributed by atoms with Crippen LogP contribution in [0, 0.1) is 0 Å². The highest BCUT2D eigenvalue weighted by molar-refractivity contribution is 7.13. The molecule has 1 amide bonds. The lowest BCUT2D eigenvalue weighted by Crippen LogP contribution is -2.13. The lowest BCUT2D eigenvalue weighted by Gasteiger charge is -2.13. The van der Waals surface area contributed by atoms with Crippen LogP contribution in [0.25, 0.3) is 0 Å². The molecule has 0 saturated carbocycles. The van der Waals surface area contributed by atoms with Crippen LogP contribution in [0.2, 0.25) is 0 Å². The van der Waals surface area contributed by atoms with E-state index in [0.29, 0.717) is 42.0 Å². The van der Waals surface area contributed by atoms with Gasteiger partial charge in [-0.3, -0.25) is 10.1 Å². The summed E-state index contributed by atoms with van der Waals surface area (Å²) in [5.74, 6) is 1.56. The molecule has 0 aliphatic carbocycles. The third-order valence-corrected chi connectivity index (χ3v) is 4.05. The first-order valence-electron chi connectivity index (χ1n) is 8.41. The fraction of sp³-hybridized carbons (Fsp3) is 0.211. The van der Waals surface area contributed by atoms with Gasteiger partial charge < -0.3 is 14.2 Å². The molecule has 0 saturated heterocycles. The van der Waals surface area contributed by atoms with Gasteiger partial charge in [-0.25, -0.2) is 0 Å². The van der Waals surface area contributed by atoms with E-state index >= 15 is 0 Å². The number of carbonyl (C=O) groups excluding carboxylic acids is 1. The molecule has 3 rings (SSSR count). The highest BCUT2D eigenvalue weighted by atomic mass is 32.1. The van der Waals surface area contributed by atoms with E-state index < -0.39 is 0 Å². The largest absolute Gasteiger partial charge is 0.490 e. The number of hydrogen-bond donors (Lipinski definition) is 1. The zero-order valence-corrected chi connectivity index (χ0v) is 15.6. The maximum absolute atomic E-state index is 12.3. The molecule has 27 heavy (non-hydrogen) atoms. The number of aromatic nitrogens is 2. The summed E-state index contributed by atoms with van der Waals surface area (Å²) < 4.78 is 17.0. The number of rotatable bonds is 9. The Kier molecular flexibility index (Phi) is 6.59. The van der Waals surface area contributed by atoms with Crippen molar-refractivity contribution in [3.63, 3.8) is 0 Å². The molecule has 3 aromatic rings. The molecule has 1 N–H and O–H groups in total. The van der Waals surface area contributed by atoms with Crippen LogP contribution in [0.15, 0.2) is 54.0 Å². The first kappa shape index (κ1) is 18.7. The average Bonchev–Trinajstić information content (AvgIpc) is 3.20. The Hall–Kier alpha value is -3.13. The van der Waals surface area contributed by atoms with E-state index in [-0.39, 0.29) is 5.91 Å². The molecule has 0 aliphatic heterocycles. The lowest BCUT2D eigenvalue weighted by atomic mass is 10.2. The molecule has 1 aromatic heterocycles. The Bertz CT molecular complexity index is 857. The van der Waals surface area contributed by atoms with Crippen LogP contribution in [-0.2, 0) is 0 Å². The van der Waals surface area contributed by atoms with Gasteiger partial charge >= 0.3 is 0 Å². The third kappa shape index (κ3) is 5.42. The Morgan fingerprint density at radius 1 is 1.04 bits per heavy atom. The highest BCUT2D eigenvalue weighted by Gasteiger charge is 2.13. The van der Waals surface area contributed by atoms with Crippen molar-refractivity contribution in [1.29, 1.82) is 0 Å². The molecular formula is C19H19N3O4S. The number of amides is 1. The van der Waals surface area contributed by atoms with Gasteiger partial charge in [-0.2, -0.15) is 0 Å². The quantitative estimate of drug-likeness (QED) is 0.566. The normalized spacial score (nSPS) is 10.3. The van der Waals surface area contributed by atoms with E-state index in [4.69, 9.17) is 14.2 Å². The number of nitrogens with zero attached hydrogens (tertiary/aromatic N) is 2. The summed E-state index contributed by atoms with van der Waals surface area (Å²) in [7, 11) is 0. The smallest absolute Gasteiger partial charge is 0.257 e. The number of anilines is 1. The van der Waals surface area contributed by atoms with Gasteiger partial charge in [0.05, 0.1) is 6.61 Å². The zero-order valence-electron chi connectivity index (χ0n) is 14.8. The SMILES string of the molecule is CCOc1cc(C(=O)Nc2nncs2)ccc1OCCOc1ccccc1. The number of ether oxygens (including phenoxy) is 3. The number of nitrogens with one attached hydrogen (secondary N) is 1. The van der Waals surface area contributed by atoms with Crippen molar-refractivity contribution in [3.8, 4) is 17.2 Å². The second-order valence-electron chi connectivity index (χ2n) is 5.30. The molecule has 0 aliphatic rings. The van der Waals surface area contributed by atoms with Gasteiger partial charge in [0.1, 0.15) is 24.5 Å². The molecule has 0 spiro atoms. The van der Waals surface area contributed by atoms with Gasteiger partial charge in [0, 0.05) is 5.56 Å². The van der Waals surface area contributed by atoms with Crippen molar-refractivity contribution >= 4 is 22.4 Å². The summed E-state index contributed by atoms with van der Waals surface area (Å²) in [6.45, 7) is 3.08. The Balaban J connectivity index is 1.60. The van der Waals surface area contributed by atoms with E-state index in [9.17, 15) is 4.79 Å². The maximum Gasteiger partial charge on any atom is 0.257 e. The third-order valence-electron chi connectivity index (χ3n) is 3.44. The molecule has 7 nitrogen and oxygen atoms in total. The predicted octanol–water partition coefficient (Wildman–Crippen LogP) is 3.65.